The highest BCUT2D eigenvalue weighted by atomic mass is 32.2. The minimum Gasteiger partial charge on any atom is -0.280 e. The second-order valence-corrected chi connectivity index (χ2v) is 8.99. The van der Waals surface area contributed by atoms with Crippen molar-refractivity contribution in [1.82, 2.24) is 24.8 Å². The average molecular weight is 435 g/mol. The van der Waals surface area contributed by atoms with E-state index in [1.54, 1.807) is 34.1 Å². The zero-order chi connectivity index (χ0) is 20.6. The third kappa shape index (κ3) is 3.42. The molecule has 0 unspecified atom stereocenters. The number of nitrogens with zero attached hydrogens (tertiary/aromatic N) is 5. The van der Waals surface area contributed by atoms with Crippen LogP contribution in [0.4, 0.5) is 5.69 Å². The van der Waals surface area contributed by atoms with Crippen LogP contribution in [0, 0.1) is 0 Å². The molecule has 4 aromatic heterocycles. The van der Waals surface area contributed by atoms with Crippen LogP contribution in [0.25, 0.3) is 27.6 Å². The summed E-state index contributed by atoms with van der Waals surface area (Å²) in [5, 5.41) is 15.0. The van der Waals surface area contributed by atoms with Gasteiger partial charge in [0.05, 0.1) is 10.6 Å². The second kappa shape index (κ2) is 7.32. The maximum absolute atomic E-state index is 12.4. The van der Waals surface area contributed by atoms with Crippen molar-refractivity contribution >= 4 is 32.7 Å². The summed E-state index contributed by atoms with van der Waals surface area (Å²) in [7, 11) is -3.69. The van der Waals surface area contributed by atoms with Gasteiger partial charge < -0.3 is 0 Å². The average Bonchev–Trinajstić information content (AvgIpc) is 3.44. The number of aromatic nitrogens is 5. The van der Waals surface area contributed by atoms with Gasteiger partial charge in [0.25, 0.3) is 10.0 Å². The van der Waals surface area contributed by atoms with E-state index < -0.39 is 10.0 Å². The summed E-state index contributed by atoms with van der Waals surface area (Å²) < 4.78 is 29.2. The Morgan fingerprint density at radius 1 is 0.933 bits per heavy atom. The lowest BCUT2D eigenvalue weighted by atomic mass is 10.1. The van der Waals surface area contributed by atoms with Gasteiger partial charge >= 0.3 is 0 Å². The summed E-state index contributed by atoms with van der Waals surface area (Å²) in [6, 6.07) is 17.7. The summed E-state index contributed by atoms with van der Waals surface area (Å²) >= 11 is 1.57. The lowest BCUT2D eigenvalue weighted by Crippen LogP contribution is -2.12. The molecule has 0 fully saturated rings. The van der Waals surface area contributed by atoms with Crippen LogP contribution in [-0.2, 0) is 10.0 Å². The van der Waals surface area contributed by atoms with Gasteiger partial charge in [0.2, 0.25) is 0 Å². The maximum Gasteiger partial charge on any atom is 0.263 e. The summed E-state index contributed by atoms with van der Waals surface area (Å²) in [6.07, 6.45) is 2.83. The first-order chi connectivity index (χ1) is 14.6. The van der Waals surface area contributed by atoms with Crippen LogP contribution in [0.15, 0.2) is 83.3 Å². The fourth-order valence-electron chi connectivity index (χ4n) is 2.93. The fraction of sp³-hybridized carbons (Fsp3) is 0. The minimum atomic E-state index is -3.69. The molecule has 0 radical (unpaired) electrons. The number of fused-ring (bicyclic) bond motifs is 1. The van der Waals surface area contributed by atoms with Gasteiger partial charge in [-0.3, -0.25) is 9.71 Å². The number of rotatable bonds is 5. The molecule has 0 aliphatic heterocycles. The van der Waals surface area contributed by atoms with E-state index >= 15 is 0 Å². The Labute approximate surface area is 175 Å². The first-order valence-electron chi connectivity index (χ1n) is 8.90. The van der Waals surface area contributed by atoms with E-state index in [4.69, 9.17) is 0 Å². The molecular weight excluding hydrogens is 420 g/mol. The molecule has 0 atom stereocenters. The van der Waals surface area contributed by atoms with E-state index in [1.165, 1.54) is 18.5 Å². The third-order valence-electron chi connectivity index (χ3n) is 4.38. The van der Waals surface area contributed by atoms with Crippen LogP contribution in [0.2, 0.25) is 0 Å². The summed E-state index contributed by atoms with van der Waals surface area (Å²) in [5.74, 6) is 0.683. The smallest absolute Gasteiger partial charge is 0.263 e. The third-order valence-corrected chi connectivity index (χ3v) is 6.61. The van der Waals surface area contributed by atoms with Gasteiger partial charge in [-0.1, -0.05) is 18.2 Å². The first-order valence-corrected chi connectivity index (χ1v) is 11.3. The van der Waals surface area contributed by atoms with Crippen LogP contribution >= 0.6 is 11.3 Å². The normalized spacial score (nSPS) is 11.6. The minimum absolute atomic E-state index is 0.106. The van der Waals surface area contributed by atoms with E-state index in [0.717, 1.165) is 16.1 Å². The van der Waals surface area contributed by atoms with Gasteiger partial charge in [-0.25, -0.2) is 8.42 Å². The highest BCUT2D eigenvalue weighted by Crippen LogP contribution is 2.25. The van der Waals surface area contributed by atoms with E-state index in [1.807, 2.05) is 41.8 Å². The molecule has 0 saturated carbocycles. The Balaban J connectivity index is 1.44. The van der Waals surface area contributed by atoms with E-state index in [9.17, 15) is 8.42 Å². The van der Waals surface area contributed by atoms with Crippen LogP contribution in [0.1, 0.15) is 0 Å². The first kappa shape index (κ1) is 18.4. The Bertz CT molecular complexity index is 1410. The van der Waals surface area contributed by atoms with Crippen molar-refractivity contribution in [1.29, 1.82) is 0 Å². The molecule has 0 aliphatic rings. The van der Waals surface area contributed by atoms with Crippen molar-refractivity contribution in [3.8, 4) is 22.0 Å². The van der Waals surface area contributed by atoms with Crippen molar-refractivity contribution in [3.63, 3.8) is 0 Å². The van der Waals surface area contributed by atoms with E-state index in [2.05, 4.69) is 25.0 Å². The van der Waals surface area contributed by atoms with Crippen molar-refractivity contribution in [2.24, 2.45) is 0 Å². The van der Waals surface area contributed by atoms with E-state index in [0.29, 0.717) is 17.2 Å². The van der Waals surface area contributed by atoms with Crippen molar-refractivity contribution < 1.29 is 8.42 Å². The molecule has 0 amide bonds. The van der Waals surface area contributed by atoms with Crippen LogP contribution in [-0.4, -0.2) is 33.2 Å². The molecule has 4 heterocycles. The summed E-state index contributed by atoms with van der Waals surface area (Å²) in [6.45, 7) is 0. The molecule has 5 aromatic rings. The van der Waals surface area contributed by atoms with Crippen molar-refractivity contribution in [2.45, 2.75) is 4.90 Å². The van der Waals surface area contributed by atoms with Crippen LogP contribution in [0.5, 0.6) is 0 Å². The molecule has 1 N–H and O–H groups in total. The Morgan fingerprint density at radius 3 is 2.53 bits per heavy atom. The Hall–Kier alpha value is -3.63. The zero-order valence-corrected chi connectivity index (χ0v) is 17.0. The van der Waals surface area contributed by atoms with Gasteiger partial charge in [0.1, 0.15) is 4.90 Å². The largest absolute Gasteiger partial charge is 0.280 e. The van der Waals surface area contributed by atoms with Gasteiger partial charge in [-0.15, -0.1) is 21.5 Å². The standard InChI is InChI=1S/C20H14N6O2S2/c27-30(28,16-3-1-11-21-13-16)25-15-7-5-14(6-8-15)17-9-10-19-22-23-20(26(19)24-17)18-4-2-12-29-18/h1-13,25H. The lowest BCUT2D eigenvalue weighted by Gasteiger charge is -2.08. The van der Waals surface area contributed by atoms with Gasteiger partial charge in [-0.2, -0.15) is 9.61 Å². The van der Waals surface area contributed by atoms with E-state index in [-0.39, 0.29) is 4.90 Å². The second-order valence-electron chi connectivity index (χ2n) is 6.36. The topological polar surface area (TPSA) is 102 Å². The number of thiophene rings is 1. The van der Waals surface area contributed by atoms with Gasteiger partial charge in [-0.05, 0) is 47.8 Å². The summed E-state index contributed by atoms with van der Waals surface area (Å²) in [4.78, 5) is 4.94. The molecule has 8 nitrogen and oxygen atoms in total. The van der Waals surface area contributed by atoms with Crippen molar-refractivity contribution in [3.05, 3.63) is 78.4 Å². The maximum atomic E-state index is 12.4. The van der Waals surface area contributed by atoms with Crippen LogP contribution in [0.3, 0.4) is 0 Å². The number of hydrogen-bond donors (Lipinski definition) is 1. The number of hydrogen-bond acceptors (Lipinski definition) is 7. The molecule has 30 heavy (non-hydrogen) atoms. The summed E-state index contributed by atoms with van der Waals surface area (Å²) in [5.41, 5.74) is 2.67. The molecule has 0 bridgehead atoms. The molecule has 10 heteroatoms. The number of benzene rings is 1. The molecule has 0 aliphatic carbocycles. The zero-order valence-electron chi connectivity index (χ0n) is 15.4. The SMILES string of the molecule is O=S(=O)(Nc1ccc(-c2ccc3nnc(-c4cccs4)n3n2)cc1)c1cccnc1. The predicted octanol–water partition coefficient (Wildman–Crippen LogP) is 3.72. The number of pyridine rings is 1. The van der Waals surface area contributed by atoms with Crippen LogP contribution < -0.4 is 4.72 Å². The molecule has 1 aromatic carbocycles. The predicted molar refractivity (Wildman–Crippen MR) is 115 cm³/mol. The monoisotopic (exact) mass is 434 g/mol. The number of sulfonamides is 1. The lowest BCUT2D eigenvalue weighted by molar-refractivity contribution is 0.601. The van der Waals surface area contributed by atoms with Crippen molar-refractivity contribution in [2.75, 3.05) is 4.72 Å². The van der Waals surface area contributed by atoms with Gasteiger partial charge in [0.15, 0.2) is 11.5 Å². The Kier molecular flexibility index (Phi) is 4.49. The highest BCUT2D eigenvalue weighted by Gasteiger charge is 2.15. The number of anilines is 1. The molecule has 0 spiro atoms. The highest BCUT2D eigenvalue weighted by molar-refractivity contribution is 7.92. The quantitative estimate of drug-likeness (QED) is 0.452. The molecule has 5 rings (SSSR count). The molecule has 0 saturated heterocycles. The number of nitrogens with one attached hydrogen (secondary N) is 1. The fourth-order valence-corrected chi connectivity index (χ4v) is 4.65. The Morgan fingerprint density at radius 2 is 1.80 bits per heavy atom. The molecular formula is C20H14N6O2S2. The van der Waals surface area contributed by atoms with Gasteiger partial charge in [0, 0.05) is 23.6 Å². The molecule has 148 valence electrons.